The Bertz CT molecular complexity index is 1210. The fraction of sp³-hybridized carbons (Fsp3) is 0.250. The molecule has 35 heavy (non-hydrogen) atoms. The van der Waals surface area contributed by atoms with Gasteiger partial charge >= 0.3 is 6.36 Å². The number of rotatable bonds is 8. The zero-order valence-electron chi connectivity index (χ0n) is 19.6. The van der Waals surface area contributed by atoms with Crippen LogP contribution >= 0.6 is 0 Å². The van der Waals surface area contributed by atoms with Crippen molar-refractivity contribution in [1.29, 1.82) is 0 Å². The second kappa shape index (κ2) is 10.7. The lowest BCUT2D eigenvalue weighted by atomic mass is 10.0. The third-order valence-corrected chi connectivity index (χ3v) is 5.48. The van der Waals surface area contributed by atoms with E-state index in [0.29, 0.717) is 24.5 Å². The van der Waals surface area contributed by atoms with Crippen LogP contribution in [-0.2, 0) is 6.42 Å². The van der Waals surface area contributed by atoms with Crippen molar-refractivity contribution in [2.45, 2.75) is 39.5 Å². The van der Waals surface area contributed by atoms with Crippen LogP contribution in [0, 0.1) is 13.8 Å². The lowest BCUT2D eigenvalue weighted by Gasteiger charge is -2.16. The highest BCUT2D eigenvalue weighted by atomic mass is 19.4. The highest BCUT2D eigenvalue weighted by Gasteiger charge is 2.31. The van der Waals surface area contributed by atoms with E-state index >= 15 is 0 Å². The molecule has 0 amide bonds. The average molecular weight is 482 g/mol. The third kappa shape index (κ3) is 7.12. The Labute approximate surface area is 202 Å². The first kappa shape index (κ1) is 24.4. The summed E-state index contributed by atoms with van der Waals surface area (Å²) in [6, 6.07) is 14.8. The van der Waals surface area contributed by atoms with Crippen LogP contribution in [0.3, 0.4) is 0 Å². The summed E-state index contributed by atoms with van der Waals surface area (Å²) in [5.74, 6) is 1.52. The first-order chi connectivity index (χ1) is 16.7. The molecule has 3 aromatic rings. The summed E-state index contributed by atoms with van der Waals surface area (Å²) in [5.41, 5.74) is 5.10. The summed E-state index contributed by atoms with van der Waals surface area (Å²) in [6.07, 6.45) is 4.51. The highest BCUT2D eigenvalue weighted by Crippen LogP contribution is 2.29. The van der Waals surface area contributed by atoms with E-state index in [9.17, 15) is 13.2 Å². The Kier molecular flexibility index (Phi) is 7.44. The van der Waals surface area contributed by atoms with E-state index in [1.807, 2.05) is 44.2 Å². The summed E-state index contributed by atoms with van der Waals surface area (Å²) in [7, 11) is 0. The van der Waals surface area contributed by atoms with Crippen molar-refractivity contribution in [2.24, 2.45) is 0 Å². The Morgan fingerprint density at radius 2 is 1.54 bits per heavy atom. The van der Waals surface area contributed by atoms with Crippen molar-refractivity contribution in [3.05, 3.63) is 101 Å². The van der Waals surface area contributed by atoms with E-state index in [-0.39, 0.29) is 5.75 Å². The zero-order chi connectivity index (χ0) is 24.8. The van der Waals surface area contributed by atoms with Crippen LogP contribution in [0.15, 0.2) is 78.4 Å². The fourth-order valence-corrected chi connectivity index (χ4v) is 3.82. The van der Waals surface area contributed by atoms with Crippen LogP contribution in [0.5, 0.6) is 23.0 Å². The quantitative estimate of drug-likeness (QED) is 0.332. The molecule has 1 heterocycles. The average Bonchev–Trinajstić information content (AvgIpc) is 2.82. The molecule has 182 valence electrons. The predicted molar refractivity (Wildman–Crippen MR) is 128 cm³/mol. The smallest absolute Gasteiger partial charge is 0.488 e. The maximum Gasteiger partial charge on any atom is 0.573 e. The molecule has 0 radical (unpaired) electrons. The van der Waals surface area contributed by atoms with Crippen LogP contribution < -0.4 is 14.2 Å². The number of nitrogens with zero attached hydrogens (tertiary/aromatic N) is 1. The second-order valence-electron chi connectivity index (χ2n) is 8.32. The van der Waals surface area contributed by atoms with E-state index in [0.717, 1.165) is 41.1 Å². The number of ether oxygens (including phenoxy) is 3. The van der Waals surface area contributed by atoms with E-state index in [4.69, 9.17) is 9.47 Å². The normalized spacial score (nSPS) is 13.3. The number of hydrogen-bond donors (Lipinski definition) is 0. The summed E-state index contributed by atoms with van der Waals surface area (Å²) in [4.78, 5) is 4.61. The molecule has 1 aliphatic carbocycles. The molecule has 1 aliphatic rings. The van der Waals surface area contributed by atoms with Gasteiger partial charge in [-0.25, -0.2) is 0 Å². The van der Waals surface area contributed by atoms with Crippen LogP contribution in [0.25, 0.3) is 0 Å². The molecule has 0 spiro atoms. The van der Waals surface area contributed by atoms with Crippen molar-refractivity contribution in [3.8, 4) is 23.0 Å². The Morgan fingerprint density at radius 3 is 2.17 bits per heavy atom. The first-order valence-electron chi connectivity index (χ1n) is 11.3. The fourth-order valence-electron chi connectivity index (χ4n) is 3.82. The Balaban J connectivity index is 1.42. The molecular formula is C28H26F3NO3. The van der Waals surface area contributed by atoms with Gasteiger partial charge in [-0.2, -0.15) is 0 Å². The van der Waals surface area contributed by atoms with Gasteiger partial charge in [0.2, 0.25) is 0 Å². The molecule has 0 saturated carbocycles. The van der Waals surface area contributed by atoms with Gasteiger partial charge in [0.15, 0.2) is 0 Å². The summed E-state index contributed by atoms with van der Waals surface area (Å²) < 4.78 is 52.8. The second-order valence-corrected chi connectivity index (χ2v) is 8.32. The van der Waals surface area contributed by atoms with Crippen molar-refractivity contribution in [2.75, 3.05) is 6.61 Å². The molecule has 1 aromatic heterocycles. The van der Waals surface area contributed by atoms with Gasteiger partial charge in [0.1, 0.15) is 29.6 Å². The molecule has 0 atom stereocenters. The number of allylic oxidation sites excluding steroid dienone is 2. The molecule has 0 bridgehead atoms. The molecule has 2 aromatic carbocycles. The number of alkyl halides is 3. The minimum atomic E-state index is -4.72. The van der Waals surface area contributed by atoms with Gasteiger partial charge in [0.25, 0.3) is 0 Å². The SMILES string of the molecule is Cc1cc(OCC2=CCCC=C2)c(Cc2ccc(Oc3ccc(OC(F)(F)F)cc3)cc2)c(C)n1. The van der Waals surface area contributed by atoms with Crippen LogP contribution in [0.2, 0.25) is 0 Å². The van der Waals surface area contributed by atoms with Gasteiger partial charge in [-0.3, -0.25) is 4.98 Å². The third-order valence-electron chi connectivity index (χ3n) is 5.48. The van der Waals surface area contributed by atoms with Crippen molar-refractivity contribution in [3.63, 3.8) is 0 Å². The van der Waals surface area contributed by atoms with E-state index in [1.54, 1.807) is 0 Å². The van der Waals surface area contributed by atoms with Gasteiger partial charge in [-0.05, 0) is 74.2 Å². The summed E-state index contributed by atoms with van der Waals surface area (Å²) in [5, 5.41) is 0. The minimum absolute atomic E-state index is 0.295. The lowest BCUT2D eigenvalue weighted by molar-refractivity contribution is -0.274. The summed E-state index contributed by atoms with van der Waals surface area (Å²) >= 11 is 0. The number of aryl methyl sites for hydroxylation is 2. The van der Waals surface area contributed by atoms with Crippen molar-refractivity contribution < 1.29 is 27.4 Å². The molecular weight excluding hydrogens is 455 g/mol. The lowest BCUT2D eigenvalue weighted by Crippen LogP contribution is -2.16. The van der Waals surface area contributed by atoms with Gasteiger partial charge < -0.3 is 14.2 Å². The molecule has 0 saturated heterocycles. The monoisotopic (exact) mass is 481 g/mol. The number of hydrogen-bond acceptors (Lipinski definition) is 4. The molecule has 0 fully saturated rings. The van der Waals surface area contributed by atoms with Crippen LogP contribution in [0.4, 0.5) is 13.2 Å². The van der Waals surface area contributed by atoms with Crippen molar-refractivity contribution in [1.82, 2.24) is 4.98 Å². The molecule has 0 aliphatic heterocycles. The summed E-state index contributed by atoms with van der Waals surface area (Å²) in [6.45, 7) is 4.46. The molecule has 0 unspecified atom stereocenters. The van der Waals surface area contributed by atoms with Gasteiger partial charge in [0.05, 0.1) is 0 Å². The maximum absolute atomic E-state index is 12.3. The molecule has 7 heteroatoms. The number of aromatic nitrogens is 1. The van der Waals surface area contributed by atoms with E-state index in [2.05, 4.69) is 27.9 Å². The minimum Gasteiger partial charge on any atom is -0.488 e. The van der Waals surface area contributed by atoms with Crippen LogP contribution in [0.1, 0.15) is 35.4 Å². The number of pyridine rings is 1. The van der Waals surface area contributed by atoms with E-state index < -0.39 is 6.36 Å². The highest BCUT2D eigenvalue weighted by molar-refractivity contribution is 5.43. The van der Waals surface area contributed by atoms with Crippen molar-refractivity contribution >= 4 is 0 Å². The number of benzene rings is 2. The Hall–Kier alpha value is -3.74. The van der Waals surface area contributed by atoms with Crippen LogP contribution in [-0.4, -0.2) is 18.0 Å². The largest absolute Gasteiger partial charge is 0.573 e. The molecule has 4 rings (SSSR count). The Morgan fingerprint density at radius 1 is 0.886 bits per heavy atom. The number of halogens is 3. The van der Waals surface area contributed by atoms with E-state index in [1.165, 1.54) is 29.8 Å². The topological polar surface area (TPSA) is 40.6 Å². The van der Waals surface area contributed by atoms with Gasteiger partial charge in [-0.15, -0.1) is 13.2 Å². The predicted octanol–water partition coefficient (Wildman–Crippen LogP) is 7.64. The first-order valence-corrected chi connectivity index (χ1v) is 11.3. The van der Waals surface area contributed by atoms with Gasteiger partial charge in [-0.1, -0.05) is 30.4 Å². The standard InChI is InChI=1S/C28H26F3NO3/c1-19-16-27(33-18-22-6-4-3-5-7-22)26(20(2)32-19)17-21-8-10-23(11-9-21)34-24-12-14-25(15-13-24)35-28(29,30)31/h4,6-16H,3,5,17-18H2,1-2H3. The molecule has 4 nitrogen and oxygen atoms in total. The van der Waals surface area contributed by atoms with Gasteiger partial charge in [0, 0.05) is 29.4 Å². The zero-order valence-corrected chi connectivity index (χ0v) is 19.6. The molecule has 0 N–H and O–H groups in total. The maximum atomic E-state index is 12.3.